The van der Waals surface area contributed by atoms with Crippen LogP contribution >= 0.6 is 0 Å². The van der Waals surface area contributed by atoms with Gasteiger partial charge < -0.3 is 11.1 Å². The Hall–Kier alpha value is -1.42. The number of nitrogens with zero attached hydrogens (tertiary/aromatic N) is 1. The minimum atomic E-state index is -0.0660. The van der Waals surface area contributed by atoms with E-state index in [9.17, 15) is 4.79 Å². The summed E-state index contributed by atoms with van der Waals surface area (Å²) < 4.78 is 0. The number of rotatable bonds is 6. The molecule has 16 heavy (non-hydrogen) atoms. The topological polar surface area (TPSA) is 68.0 Å². The van der Waals surface area contributed by atoms with Gasteiger partial charge in [-0.15, -0.1) is 0 Å². The maximum Gasteiger partial charge on any atom is 0.224 e. The van der Waals surface area contributed by atoms with Gasteiger partial charge in [0, 0.05) is 37.3 Å². The van der Waals surface area contributed by atoms with Gasteiger partial charge >= 0.3 is 0 Å². The first-order valence-corrected chi connectivity index (χ1v) is 5.65. The van der Waals surface area contributed by atoms with Crippen molar-refractivity contribution in [3.05, 3.63) is 30.1 Å². The molecule has 0 aliphatic rings. The van der Waals surface area contributed by atoms with Gasteiger partial charge in [-0.05, 0) is 18.6 Å². The lowest BCUT2D eigenvalue weighted by molar-refractivity contribution is -0.124. The molecule has 1 amide bonds. The van der Waals surface area contributed by atoms with E-state index in [1.165, 1.54) is 0 Å². The Morgan fingerprint density at radius 2 is 2.38 bits per heavy atom. The molecule has 1 heterocycles. The van der Waals surface area contributed by atoms with Crippen LogP contribution in [0.4, 0.5) is 0 Å². The van der Waals surface area contributed by atoms with E-state index in [2.05, 4.69) is 10.3 Å². The van der Waals surface area contributed by atoms with Crippen molar-refractivity contribution in [2.75, 3.05) is 13.1 Å². The van der Waals surface area contributed by atoms with Crippen LogP contribution in [0, 0.1) is 5.92 Å². The third kappa shape index (κ3) is 3.98. The van der Waals surface area contributed by atoms with Crippen molar-refractivity contribution in [1.29, 1.82) is 0 Å². The largest absolute Gasteiger partial charge is 0.355 e. The van der Waals surface area contributed by atoms with E-state index in [4.69, 9.17) is 5.73 Å². The molecule has 3 N–H and O–H groups in total. The van der Waals surface area contributed by atoms with Gasteiger partial charge in [0.1, 0.15) is 0 Å². The number of hydrogen-bond donors (Lipinski definition) is 2. The van der Waals surface area contributed by atoms with E-state index in [0.717, 1.165) is 18.5 Å². The van der Waals surface area contributed by atoms with Crippen LogP contribution in [0.2, 0.25) is 0 Å². The summed E-state index contributed by atoms with van der Waals surface area (Å²) in [5.74, 6) is -0.0235. The van der Waals surface area contributed by atoms with Crippen molar-refractivity contribution in [2.24, 2.45) is 11.7 Å². The molecule has 0 saturated carbocycles. The summed E-state index contributed by atoms with van der Waals surface area (Å²) in [7, 11) is 0. The quantitative estimate of drug-likeness (QED) is 0.744. The van der Waals surface area contributed by atoms with Crippen LogP contribution in [0.5, 0.6) is 0 Å². The Morgan fingerprint density at radius 1 is 1.56 bits per heavy atom. The van der Waals surface area contributed by atoms with Gasteiger partial charge in [0.25, 0.3) is 0 Å². The summed E-state index contributed by atoms with van der Waals surface area (Å²) in [6.45, 7) is 2.99. The number of aromatic nitrogens is 1. The standard InChI is InChI=1S/C12H19N3O/c1-2-10(9-13)12(16)15-8-6-11-5-3-4-7-14-11/h3-5,7,10H,2,6,8-9,13H2,1H3,(H,15,16). The Labute approximate surface area is 96.3 Å². The second kappa shape index (κ2) is 6.95. The maximum atomic E-state index is 11.6. The van der Waals surface area contributed by atoms with E-state index >= 15 is 0 Å². The molecule has 0 saturated heterocycles. The van der Waals surface area contributed by atoms with E-state index in [1.807, 2.05) is 25.1 Å². The van der Waals surface area contributed by atoms with E-state index in [0.29, 0.717) is 13.1 Å². The summed E-state index contributed by atoms with van der Waals surface area (Å²) in [5, 5.41) is 2.87. The molecule has 1 unspecified atom stereocenters. The van der Waals surface area contributed by atoms with E-state index < -0.39 is 0 Å². The van der Waals surface area contributed by atoms with Crippen LogP contribution in [0.1, 0.15) is 19.0 Å². The number of amides is 1. The third-order valence-corrected chi connectivity index (χ3v) is 2.55. The van der Waals surface area contributed by atoms with Crippen LogP contribution in [0.15, 0.2) is 24.4 Å². The molecule has 4 nitrogen and oxygen atoms in total. The summed E-state index contributed by atoms with van der Waals surface area (Å²) in [5.41, 5.74) is 6.48. The molecule has 0 aliphatic carbocycles. The Morgan fingerprint density at radius 3 is 2.94 bits per heavy atom. The van der Waals surface area contributed by atoms with Crippen molar-refractivity contribution in [2.45, 2.75) is 19.8 Å². The molecule has 0 spiro atoms. The molecular weight excluding hydrogens is 202 g/mol. The van der Waals surface area contributed by atoms with E-state index in [1.54, 1.807) is 6.20 Å². The summed E-state index contributed by atoms with van der Waals surface area (Å²) in [6, 6.07) is 5.77. The monoisotopic (exact) mass is 221 g/mol. The average Bonchev–Trinajstić information content (AvgIpc) is 2.32. The predicted octanol–water partition coefficient (Wildman–Crippen LogP) is 0.725. The predicted molar refractivity (Wildman–Crippen MR) is 63.8 cm³/mol. The molecule has 0 bridgehead atoms. The van der Waals surface area contributed by atoms with Crippen LogP contribution in [0.3, 0.4) is 0 Å². The zero-order valence-electron chi connectivity index (χ0n) is 9.65. The summed E-state index contributed by atoms with van der Waals surface area (Å²) in [4.78, 5) is 15.8. The number of carbonyl (C=O) groups excluding carboxylic acids is 1. The molecule has 4 heteroatoms. The molecule has 1 atom stereocenters. The normalized spacial score (nSPS) is 12.1. The van der Waals surface area contributed by atoms with Gasteiger partial charge in [0.05, 0.1) is 0 Å². The lowest BCUT2D eigenvalue weighted by Crippen LogP contribution is -2.35. The summed E-state index contributed by atoms with van der Waals surface area (Å²) >= 11 is 0. The maximum absolute atomic E-state index is 11.6. The minimum absolute atomic E-state index is 0.0425. The Balaban J connectivity index is 2.28. The molecule has 1 rings (SSSR count). The number of carbonyl (C=O) groups is 1. The fourth-order valence-electron chi connectivity index (χ4n) is 1.46. The van der Waals surface area contributed by atoms with Gasteiger partial charge in [-0.2, -0.15) is 0 Å². The molecule has 88 valence electrons. The van der Waals surface area contributed by atoms with Crippen molar-refractivity contribution >= 4 is 5.91 Å². The number of hydrogen-bond acceptors (Lipinski definition) is 3. The fraction of sp³-hybridized carbons (Fsp3) is 0.500. The molecular formula is C12H19N3O. The molecule has 0 aromatic carbocycles. The van der Waals surface area contributed by atoms with Gasteiger partial charge in [0.2, 0.25) is 5.91 Å². The fourth-order valence-corrected chi connectivity index (χ4v) is 1.46. The van der Waals surface area contributed by atoms with Crippen molar-refractivity contribution in [1.82, 2.24) is 10.3 Å². The zero-order chi connectivity index (χ0) is 11.8. The molecule has 0 aliphatic heterocycles. The van der Waals surface area contributed by atoms with Gasteiger partial charge in [-0.3, -0.25) is 9.78 Å². The number of pyridine rings is 1. The molecule has 1 aromatic rings. The lowest BCUT2D eigenvalue weighted by Gasteiger charge is -2.12. The van der Waals surface area contributed by atoms with Crippen LogP contribution in [-0.2, 0) is 11.2 Å². The van der Waals surface area contributed by atoms with Gasteiger partial charge in [-0.25, -0.2) is 0 Å². The van der Waals surface area contributed by atoms with Crippen LogP contribution in [0.25, 0.3) is 0 Å². The first-order valence-electron chi connectivity index (χ1n) is 5.65. The van der Waals surface area contributed by atoms with Crippen LogP contribution < -0.4 is 11.1 Å². The van der Waals surface area contributed by atoms with Crippen molar-refractivity contribution < 1.29 is 4.79 Å². The highest BCUT2D eigenvalue weighted by Crippen LogP contribution is 1.99. The summed E-state index contributed by atoms with van der Waals surface area (Å²) in [6.07, 6.45) is 3.30. The zero-order valence-corrected chi connectivity index (χ0v) is 9.65. The molecule has 1 aromatic heterocycles. The van der Waals surface area contributed by atoms with Gasteiger partial charge in [0.15, 0.2) is 0 Å². The smallest absolute Gasteiger partial charge is 0.224 e. The van der Waals surface area contributed by atoms with Gasteiger partial charge in [-0.1, -0.05) is 13.0 Å². The lowest BCUT2D eigenvalue weighted by atomic mass is 10.1. The van der Waals surface area contributed by atoms with Crippen molar-refractivity contribution in [3.63, 3.8) is 0 Å². The first-order chi connectivity index (χ1) is 7.77. The highest BCUT2D eigenvalue weighted by Gasteiger charge is 2.13. The SMILES string of the molecule is CCC(CN)C(=O)NCCc1ccccn1. The van der Waals surface area contributed by atoms with E-state index in [-0.39, 0.29) is 11.8 Å². The first kappa shape index (κ1) is 12.6. The Bertz CT molecular complexity index is 309. The second-order valence-electron chi connectivity index (χ2n) is 3.70. The Kier molecular flexibility index (Phi) is 5.50. The molecule has 0 fully saturated rings. The molecule has 0 radical (unpaired) electrons. The highest BCUT2D eigenvalue weighted by molar-refractivity contribution is 5.78. The third-order valence-electron chi connectivity index (χ3n) is 2.55. The average molecular weight is 221 g/mol. The minimum Gasteiger partial charge on any atom is -0.355 e. The van der Waals surface area contributed by atoms with Crippen molar-refractivity contribution in [3.8, 4) is 0 Å². The number of nitrogens with one attached hydrogen (secondary N) is 1. The second-order valence-corrected chi connectivity index (χ2v) is 3.70. The van der Waals surface area contributed by atoms with Crippen LogP contribution in [-0.4, -0.2) is 24.0 Å². The highest BCUT2D eigenvalue weighted by atomic mass is 16.1. The number of nitrogens with two attached hydrogens (primary N) is 1.